The van der Waals surface area contributed by atoms with E-state index in [1.807, 2.05) is 30.3 Å². The van der Waals surface area contributed by atoms with E-state index in [0.717, 1.165) is 31.2 Å². The number of hydrogen-bond acceptors (Lipinski definition) is 5. The Morgan fingerprint density at radius 2 is 1.93 bits per heavy atom. The molecular weight excluding hydrogens is 342 g/mol. The Morgan fingerprint density at radius 1 is 1.11 bits per heavy atom. The molecule has 1 aromatic carbocycles. The fourth-order valence-corrected chi connectivity index (χ4v) is 3.35. The van der Waals surface area contributed by atoms with Gasteiger partial charge in [0.2, 0.25) is 0 Å². The second-order valence-electron chi connectivity index (χ2n) is 6.63. The summed E-state index contributed by atoms with van der Waals surface area (Å²) >= 11 is 0. The van der Waals surface area contributed by atoms with Gasteiger partial charge in [-0.25, -0.2) is 0 Å². The summed E-state index contributed by atoms with van der Waals surface area (Å²) in [6, 6.07) is 13.3. The Labute approximate surface area is 157 Å². The van der Waals surface area contributed by atoms with Crippen LogP contribution in [0.3, 0.4) is 0 Å². The van der Waals surface area contributed by atoms with Crippen molar-refractivity contribution < 1.29 is 9.21 Å². The zero-order chi connectivity index (χ0) is 18.5. The number of carbonyl (C=O) groups is 1. The fourth-order valence-electron chi connectivity index (χ4n) is 3.35. The molecular formula is C20H21N5O2. The second kappa shape index (κ2) is 7.99. The van der Waals surface area contributed by atoms with Crippen LogP contribution in [0.4, 0.5) is 0 Å². The normalized spacial score (nSPS) is 15.6. The van der Waals surface area contributed by atoms with Crippen LogP contribution in [0, 0.1) is 0 Å². The minimum absolute atomic E-state index is 0.183. The number of rotatable bonds is 5. The topological polar surface area (TPSA) is 85.8 Å². The summed E-state index contributed by atoms with van der Waals surface area (Å²) in [6.45, 7) is 0. The first-order valence-electron chi connectivity index (χ1n) is 9.21. The number of benzene rings is 1. The van der Waals surface area contributed by atoms with Gasteiger partial charge in [-0.05, 0) is 35.4 Å². The highest BCUT2D eigenvalue weighted by Crippen LogP contribution is 2.22. The zero-order valence-electron chi connectivity index (χ0n) is 14.9. The van der Waals surface area contributed by atoms with Gasteiger partial charge in [0.25, 0.3) is 5.91 Å². The van der Waals surface area contributed by atoms with Gasteiger partial charge in [-0.15, -0.1) is 5.10 Å². The van der Waals surface area contributed by atoms with E-state index in [1.54, 1.807) is 24.5 Å². The van der Waals surface area contributed by atoms with E-state index in [-0.39, 0.29) is 11.9 Å². The van der Waals surface area contributed by atoms with Gasteiger partial charge in [0.15, 0.2) is 5.82 Å². The highest BCUT2D eigenvalue weighted by Gasteiger charge is 2.23. The van der Waals surface area contributed by atoms with Crippen molar-refractivity contribution in [3.8, 4) is 11.4 Å². The lowest BCUT2D eigenvalue weighted by atomic mass is 9.95. The van der Waals surface area contributed by atoms with Crippen molar-refractivity contribution in [2.75, 3.05) is 0 Å². The Kier molecular flexibility index (Phi) is 5.09. The van der Waals surface area contributed by atoms with Crippen LogP contribution < -0.4 is 5.32 Å². The smallest absolute Gasteiger partial charge is 0.270 e. The first-order chi connectivity index (χ1) is 13.3. The number of tetrazole rings is 1. The van der Waals surface area contributed by atoms with Crippen LogP contribution >= 0.6 is 0 Å². The summed E-state index contributed by atoms with van der Waals surface area (Å²) in [5.74, 6) is 0.869. The van der Waals surface area contributed by atoms with Gasteiger partial charge in [-0.1, -0.05) is 49.6 Å². The summed E-state index contributed by atoms with van der Waals surface area (Å²) in [6.07, 6.45) is 8.75. The van der Waals surface area contributed by atoms with E-state index in [0.29, 0.717) is 17.3 Å². The van der Waals surface area contributed by atoms with Crippen LogP contribution in [-0.2, 0) is 4.79 Å². The van der Waals surface area contributed by atoms with Gasteiger partial charge in [-0.3, -0.25) is 4.79 Å². The van der Waals surface area contributed by atoms with E-state index >= 15 is 0 Å². The van der Waals surface area contributed by atoms with Gasteiger partial charge >= 0.3 is 0 Å². The predicted octanol–water partition coefficient (Wildman–Crippen LogP) is 3.38. The molecule has 1 saturated carbocycles. The summed E-state index contributed by atoms with van der Waals surface area (Å²) < 4.78 is 6.88. The van der Waals surface area contributed by atoms with Crippen molar-refractivity contribution in [2.24, 2.45) is 0 Å². The number of nitrogens with one attached hydrogen (secondary N) is 1. The Bertz CT molecular complexity index is 909. The maximum Gasteiger partial charge on any atom is 0.270 e. The molecule has 3 aromatic rings. The van der Waals surface area contributed by atoms with Crippen molar-refractivity contribution in [2.45, 2.75) is 38.1 Å². The van der Waals surface area contributed by atoms with Crippen LogP contribution in [0.5, 0.6) is 0 Å². The Hall–Kier alpha value is -3.22. The third-order valence-electron chi connectivity index (χ3n) is 4.72. The maximum absolute atomic E-state index is 13.1. The van der Waals surface area contributed by atoms with Crippen LogP contribution in [0.1, 0.15) is 37.9 Å². The highest BCUT2D eigenvalue weighted by atomic mass is 16.3. The number of nitrogens with zero attached hydrogens (tertiary/aromatic N) is 4. The monoisotopic (exact) mass is 363 g/mol. The van der Waals surface area contributed by atoms with Crippen molar-refractivity contribution in [1.29, 1.82) is 0 Å². The standard InChI is InChI=1S/C20H21N5O2/c26-20(21-16-10-5-2-6-11-16)18(14-17-12-7-13-27-17)25-19(22-23-24-25)15-8-3-1-4-9-15/h1,3-4,7-9,12-14,16H,2,5-6,10-11H2,(H,21,26)/b18-14+. The first kappa shape index (κ1) is 17.2. The number of hydrogen-bond donors (Lipinski definition) is 1. The van der Waals surface area contributed by atoms with Gasteiger partial charge in [0.05, 0.1) is 6.26 Å². The molecule has 0 radical (unpaired) electrons. The van der Waals surface area contributed by atoms with Gasteiger partial charge in [-0.2, -0.15) is 4.68 Å². The molecule has 1 aliphatic rings. The van der Waals surface area contributed by atoms with Crippen LogP contribution in [0.25, 0.3) is 23.2 Å². The molecule has 2 aromatic heterocycles. The van der Waals surface area contributed by atoms with Crippen molar-refractivity contribution in [3.63, 3.8) is 0 Å². The third-order valence-corrected chi connectivity index (χ3v) is 4.72. The van der Waals surface area contributed by atoms with Gasteiger partial charge < -0.3 is 9.73 Å². The van der Waals surface area contributed by atoms with Crippen molar-refractivity contribution in [3.05, 3.63) is 54.5 Å². The van der Waals surface area contributed by atoms with E-state index in [2.05, 4.69) is 20.8 Å². The van der Waals surface area contributed by atoms with E-state index < -0.39 is 0 Å². The number of carbonyl (C=O) groups excluding carboxylic acids is 1. The zero-order valence-corrected chi connectivity index (χ0v) is 14.9. The van der Waals surface area contributed by atoms with Gasteiger partial charge in [0, 0.05) is 17.7 Å². The lowest BCUT2D eigenvalue weighted by Crippen LogP contribution is -2.37. The Morgan fingerprint density at radius 3 is 2.67 bits per heavy atom. The molecule has 1 amide bonds. The fraction of sp³-hybridized carbons (Fsp3) is 0.300. The quantitative estimate of drug-likeness (QED) is 0.702. The largest absolute Gasteiger partial charge is 0.465 e. The molecule has 1 fully saturated rings. The van der Waals surface area contributed by atoms with E-state index in [1.165, 1.54) is 11.1 Å². The highest BCUT2D eigenvalue weighted by molar-refractivity contribution is 6.18. The van der Waals surface area contributed by atoms with Crippen molar-refractivity contribution >= 4 is 17.7 Å². The number of amides is 1. The molecule has 27 heavy (non-hydrogen) atoms. The molecule has 0 atom stereocenters. The molecule has 2 heterocycles. The number of furan rings is 1. The molecule has 1 N–H and O–H groups in total. The molecule has 4 rings (SSSR count). The molecule has 0 aliphatic heterocycles. The average Bonchev–Trinajstić information content (AvgIpc) is 3.39. The summed E-state index contributed by atoms with van der Waals surface area (Å²) in [7, 11) is 0. The molecule has 0 unspecified atom stereocenters. The number of aromatic nitrogens is 4. The molecule has 1 aliphatic carbocycles. The molecule has 7 nitrogen and oxygen atoms in total. The average molecular weight is 363 g/mol. The summed E-state index contributed by atoms with van der Waals surface area (Å²) in [4.78, 5) is 13.1. The van der Waals surface area contributed by atoms with E-state index in [9.17, 15) is 4.79 Å². The maximum atomic E-state index is 13.1. The predicted molar refractivity (Wildman–Crippen MR) is 101 cm³/mol. The molecule has 0 saturated heterocycles. The third kappa shape index (κ3) is 3.97. The first-order valence-corrected chi connectivity index (χ1v) is 9.21. The Balaban J connectivity index is 1.69. The minimum atomic E-state index is -0.206. The minimum Gasteiger partial charge on any atom is -0.465 e. The van der Waals surface area contributed by atoms with Crippen LogP contribution in [0.2, 0.25) is 0 Å². The van der Waals surface area contributed by atoms with Gasteiger partial charge in [0.1, 0.15) is 11.5 Å². The molecule has 0 bridgehead atoms. The lowest BCUT2D eigenvalue weighted by Gasteiger charge is -2.23. The SMILES string of the molecule is O=C(NC1CCCCC1)/C(=C\c1ccco1)n1nnnc1-c1ccccc1. The second-order valence-corrected chi connectivity index (χ2v) is 6.63. The molecule has 138 valence electrons. The molecule has 7 heteroatoms. The van der Waals surface area contributed by atoms with Crippen molar-refractivity contribution in [1.82, 2.24) is 25.5 Å². The lowest BCUT2D eigenvalue weighted by molar-refractivity contribution is -0.116. The molecule has 0 spiro atoms. The summed E-state index contributed by atoms with van der Waals surface area (Å²) in [5, 5.41) is 15.1. The summed E-state index contributed by atoms with van der Waals surface area (Å²) in [5.41, 5.74) is 1.16. The van der Waals surface area contributed by atoms with Crippen LogP contribution in [-0.4, -0.2) is 32.2 Å². The van der Waals surface area contributed by atoms with Crippen LogP contribution in [0.15, 0.2) is 53.1 Å². The van der Waals surface area contributed by atoms with E-state index in [4.69, 9.17) is 4.42 Å².